The molecule has 1 rings (SSSR count). The molecule has 0 saturated heterocycles. The first-order valence-corrected chi connectivity index (χ1v) is 5.78. The van der Waals surface area contributed by atoms with Crippen LogP contribution in [0.5, 0.6) is 0 Å². The predicted octanol–water partition coefficient (Wildman–Crippen LogP) is 1.74. The molecule has 0 spiro atoms. The average Bonchev–Trinajstić information content (AvgIpc) is 2.55. The van der Waals surface area contributed by atoms with Crippen molar-refractivity contribution in [1.82, 2.24) is 9.78 Å². The summed E-state index contributed by atoms with van der Waals surface area (Å²) in [4.78, 5) is 11.7. The lowest BCUT2D eigenvalue weighted by Gasteiger charge is -2.18. The van der Waals surface area contributed by atoms with E-state index in [1.54, 1.807) is 10.9 Å². The minimum absolute atomic E-state index is 0.0571. The number of hydrogen-bond acceptors (Lipinski definition) is 3. The van der Waals surface area contributed by atoms with E-state index >= 15 is 0 Å². The first-order chi connectivity index (χ1) is 7.81. The van der Waals surface area contributed by atoms with Gasteiger partial charge in [-0.1, -0.05) is 6.92 Å². The molecule has 5 nitrogen and oxygen atoms in total. The lowest BCUT2D eigenvalue weighted by atomic mass is 10.2. The Balaban J connectivity index is 2.56. The van der Waals surface area contributed by atoms with Gasteiger partial charge < -0.3 is 10.1 Å². The second-order valence-corrected chi connectivity index (χ2v) is 4.97. The highest BCUT2D eigenvalue weighted by atomic mass is 16.5. The molecule has 5 heteroatoms. The fraction of sp³-hybridized carbons (Fsp3) is 0.667. The van der Waals surface area contributed by atoms with Crippen LogP contribution >= 0.6 is 0 Å². The van der Waals surface area contributed by atoms with Crippen molar-refractivity contribution in [2.75, 3.05) is 11.9 Å². The fourth-order valence-electron chi connectivity index (χ4n) is 1.37. The van der Waals surface area contributed by atoms with Crippen LogP contribution in [0.15, 0.2) is 6.20 Å². The van der Waals surface area contributed by atoms with Gasteiger partial charge in [0.05, 0.1) is 17.0 Å². The number of carbonyl (C=O) groups is 1. The van der Waals surface area contributed by atoms with Crippen LogP contribution in [-0.4, -0.2) is 27.9 Å². The number of aryl methyl sites for hydroxylation is 2. The third kappa shape index (κ3) is 4.56. The fourth-order valence-corrected chi connectivity index (χ4v) is 1.37. The molecule has 1 aromatic rings. The van der Waals surface area contributed by atoms with Gasteiger partial charge in [-0.15, -0.1) is 0 Å². The van der Waals surface area contributed by atoms with Crippen molar-refractivity contribution in [2.45, 2.75) is 39.7 Å². The number of nitrogens with one attached hydrogen (secondary N) is 1. The van der Waals surface area contributed by atoms with Gasteiger partial charge in [-0.2, -0.15) is 5.10 Å². The normalized spacial score (nSPS) is 11.6. The van der Waals surface area contributed by atoms with E-state index in [0.29, 0.717) is 0 Å². The standard InChI is InChI=1S/C12H21N3O2/c1-6-9-10(7-15(5)14-9)13-11(16)8-17-12(2,3)4/h7H,6,8H2,1-5H3,(H,13,16). The molecule has 0 bridgehead atoms. The zero-order valence-electron chi connectivity index (χ0n) is 11.2. The van der Waals surface area contributed by atoms with E-state index in [1.165, 1.54) is 0 Å². The molecule has 0 fully saturated rings. The number of carbonyl (C=O) groups excluding carboxylic acids is 1. The Morgan fingerprint density at radius 1 is 1.53 bits per heavy atom. The predicted molar refractivity (Wildman–Crippen MR) is 66.9 cm³/mol. The third-order valence-electron chi connectivity index (χ3n) is 2.15. The SMILES string of the molecule is CCc1nn(C)cc1NC(=O)COC(C)(C)C. The highest BCUT2D eigenvalue weighted by molar-refractivity contribution is 5.92. The Hall–Kier alpha value is -1.36. The number of hydrogen-bond donors (Lipinski definition) is 1. The molecule has 17 heavy (non-hydrogen) atoms. The maximum absolute atomic E-state index is 11.7. The van der Waals surface area contributed by atoms with Crippen LogP contribution in [0.2, 0.25) is 0 Å². The minimum atomic E-state index is -0.306. The summed E-state index contributed by atoms with van der Waals surface area (Å²) in [6, 6.07) is 0. The van der Waals surface area contributed by atoms with Crippen molar-refractivity contribution in [1.29, 1.82) is 0 Å². The van der Waals surface area contributed by atoms with Crippen molar-refractivity contribution < 1.29 is 9.53 Å². The molecule has 0 radical (unpaired) electrons. The van der Waals surface area contributed by atoms with Gasteiger partial charge in [0.2, 0.25) is 5.91 Å². The Kier molecular flexibility index (Phi) is 4.28. The van der Waals surface area contributed by atoms with Crippen LogP contribution in [0, 0.1) is 0 Å². The van der Waals surface area contributed by atoms with E-state index in [2.05, 4.69) is 10.4 Å². The highest BCUT2D eigenvalue weighted by Gasteiger charge is 2.14. The molecular formula is C12H21N3O2. The summed E-state index contributed by atoms with van der Waals surface area (Å²) in [6.07, 6.45) is 2.59. The van der Waals surface area contributed by atoms with E-state index < -0.39 is 0 Å². The van der Waals surface area contributed by atoms with Gasteiger partial charge >= 0.3 is 0 Å². The van der Waals surface area contributed by atoms with E-state index in [1.807, 2.05) is 34.7 Å². The average molecular weight is 239 g/mol. The molecule has 1 heterocycles. The van der Waals surface area contributed by atoms with Gasteiger partial charge in [0.15, 0.2) is 0 Å². The Morgan fingerprint density at radius 3 is 2.71 bits per heavy atom. The Labute approximate surface area is 102 Å². The monoisotopic (exact) mass is 239 g/mol. The molecule has 0 aliphatic carbocycles. The number of amides is 1. The zero-order valence-corrected chi connectivity index (χ0v) is 11.2. The Morgan fingerprint density at radius 2 is 2.18 bits per heavy atom. The van der Waals surface area contributed by atoms with Gasteiger partial charge in [0, 0.05) is 13.2 Å². The number of rotatable bonds is 4. The number of aromatic nitrogens is 2. The minimum Gasteiger partial charge on any atom is -0.366 e. The van der Waals surface area contributed by atoms with Crippen LogP contribution < -0.4 is 5.32 Å². The van der Waals surface area contributed by atoms with E-state index in [9.17, 15) is 4.79 Å². The largest absolute Gasteiger partial charge is 0.366 e. The lowest BCUT2D eigenvalue weighted by molar-refractivity contribution is -0.125. The number of ether oxygens (including phenoxy) is 1. The maximum atomic E-state index is 11.7. The van der Waals surface area contributed by atoms with Crippen molar-refractivity contribution in [3.05, 3.63) is 11.9 Å². The summed E-state index contributed by atoms with van der Waals surface area (Å²) in [6.45, 7) is 7.82. The van der Waals surface area contributed by atoms with Crippen LogP contribution in [0.1, 0.15) is 33.4 Å². The van der Waals surface area contributed by atoms with Crippen LogP contribution in [0.4, 0.5) is 5.69 Å². The van der Waals surface area contributed by atoms with Crippen LogP contribution in [0.3, 0.4) is 0 Å². The summed E-state index contributed by atoms with van der Waals surface area (Å²) in [5.41, 5.74) is 1.34. The first kappa shape index (κ1) is 13.7. The molecular weight excluding hydrogens is 218 g/mol. The molecule has 96 valence electrons. The lowest BCUT2D eigenvalue weighted by Crippen LogP contribution is -2.27. The molecule has 1 N–H and O–H groups in total. The van der Waals surface area contributed by atoms with Gasteiger partial charge in [0.1, 0.15) is 6.61 Å². The van der Waals surface area contributed by atoms with Gasteiger partial charge in [-0.25, -0.2) is 0 Å². The highest BCUT2D eigenvalue weighted by Crippen LogP contribution is 2.14. The second-order valence-electron chi connectivity index (χ2n) is 4.97. The van der Waals surface area contributed by atoms with E-state index in [4.69, 9.17) is 4.74 Å². The van der Waals surface area contributed by atoms with Crippen molar-refractivity contribution >= 4 is 11.6 Å². The maximum Gasteiger partial charge on any atom is 0.250 e. The summed E-state index contributed by atoms with van der Waals surface area (Å²) in [5.74, 6) is -0.150. The summed E-state index contributed by atoms with van der Waals surface area (Å²) in [7, 11) is 1.83. The molecule has 1 aromatic heterocycles. The van der Waals surface area contributed by atoms with Gasteiger partial charge in [-0.05, 0) is 27.2 Å². The number of nitrogens with zero attached hydrogens (tertiary/aromatic N) is 2. The summed E-state index contributed by atoms with van der Waals surface area (Å²) < 4.78 is 7.10. The second kappa shape index (κ2) is 5.31. The molecule has 0 atom stereocenters. The summed E-state index contributed by atoms with van der Waals surface area (Å²) >= 11 is 0. The van der Waals surface area contributed by atoms with Crippen LogP contribution in [0.25, 0.3) is 0 Å². The molecule has 0 aromatic carbocycles. The van der Waals surface area contributed by atoms with E-state index in [-0.39, 0.29) is 18.1 Å². The molecule has 0 unspecified atom stereocenters. The Bertz CT molecular complexity index is 391. The molecule has 0 aliphatic rings. The first-order valence-electron chi connectivity index (χ1n) is 5.78. The quantitative estimate of drug-likeness (QED) is 0.870. The molecule has 1 amide bonds. The van der Waals surface area contributed by atoms with Crippen molar-refractivity contribution in [3.8, 4) is 0 Å². The van der Waals surface area contributed by atoms with Gasteiger partial charge in [-0.3, -0.25) is 9.48 Å². The summed E-state index contributed by atoms with van der Waals surface area (Å²) in [5, 5.41) is 7.06. The zero-order chi connectivity index (χ0) is 13.1. The molecule has 0 aliphatic heterocycles. The van der Waals surface area contributed by atoms with Crippen molar-refractivity contribution in [3.63, 3.8) is 0 Å². The molecule has 0 saturated carbocycles. The smallest absolute Gasteiger partial charge is 0.250 e. The van der Waals surface area contributed by atoms with Crippen molar-refractivity contribution in [2.24, 2.45) is 7.05 Å². The number of anilines is 1. The van der Waals surface area contributed by atoms with Crippen LogP contribution in [-0.2, 0) is 23.0 Å². The third-order valence-corrected chi connectivity index (χ3v) is 2.15. The van der Waals surface area contributed by atoms with Gasteiger partial charge in [0.25, 0.3) is 0 Å². The van der Waals surface area contributed by atoms with E-state index in [0.717, 1.165) is 17.8 Å². The topological polar surface area (TPSA) is 56.2 Å².